The molecule has 11 heteroatoms. The van der Waals surface area contributed by atoms with E-state index < -0.39 is 28.5 Å². The number of hydrogen-bond acceptors (Lipinski definition) is 7. The second kappa shape index (κ2) is 10.6. The normalized spacial score (nSPS) is 11.4. The lowest BCUT2D eigenvalue weighted by molar-refractivity contribution is -0.119. The van der Waals surface area contributed by atoms with Gasteiger partial charge in [-0.05, 0) is 50.2 Å². The SMILES string of the molecule is CCN(CC)S(=O)(=O)c1cccc(NC(=O)COC(=O)c2ccc(-n3nc(C)cc3C)nc2)c1. The third-order valence-electron chi connectivity index (χ3n) is 5.01. The van der Waals surface area contributed by atoms with E-state index in [2.05, 4.69) is 15.4 Å². The van der Waals surface area contributed by atoms with Gasteiger partial charge in [-0.2, -0.15) is 9.40 Å². The molecule has 0 fully saturated rings. The number of carbonyl (C=O) groups excluding carboxylic acids is 2. The van der Waals surface area contributed by atoms with E-state index in [4.69, 9.17) is 4.74 Å². The van der Waals surface area contributed by atoms with E-state index in [9.17, 15) is 18.0 Å². The van der Waals surface area contributed by atoms with Gasteiger partial charge in [-0.15, -0.1) is 0 Å². The van der Waals surface area contributed by atoms with Crippen molar-refractivity contribution in [3.8, 4) is 5.82 Å². The second-order valence-corrected chi connectivity index (χ2v) is 9.42. The Morgan fingerprint density at radius 2 is 1.82 bits per heavy atom. The van der Waals surface area contributed by atoms with Gasteiger partial charge in [0.15, 0.2) is 12.4 Å². The smallest absolute Gasteiger partial charge is 0.340 e. The Morgan fingerprint density at radius 1 is 1.09 bits per heavy atom. The number of rotatable bonds is 9. The summed E-state index contributed by atoms with van der Waals surface area (Å²) in [6.45, 7) is 7.42. The number of hydrogen-bond donors (Lipinski definition) is 1. The van der Waals surface area contributed by atoms with E-state index in [-0.39, 0.29) is 16.1 Å². The van der Waals surface area contributed by atoms with Crippen molar-refractivity contribution in [3.05, 3.63) is 65.6 Å². The van der Waals surface area contributed by atoms with Gasteiger partial charge in [-0.3, -0.25) is 4.79 Å². The van der Waals surface area contributed by atoms with Crippen molar-refractivity contribution in [1.29, 1.82) is 0 Å². The number of esters is 1. The average molecular weight is 486 g/mol. The number of ether oxygens (including phenoxy) is 1. The Morgan fingerprint density at radius 3 is 2.41 bits per heavy atom. The Balaban J connectivity index is 1.60. The third kappa shape index (κ3) is 5.67. The van der Waals surface area contributed by atoms with E-state index in [1.54, 1.807) is 36.7 Å². The van der Waals surface area contributed by atoms with Crippen LogP contribution >= 0.6 is 0 Å². The third-order valence-corrected chi connectivity index (χ3v) is 7.05. The zero-order valence-electron chi connectivity index (χ0n) is 19.5. The molecule has 1 amide bonds. The molecule has 1 N–H and O–H groups in total. The fourth-order valence-electron chi connectivity index (χ4n) is 3.35. The van der Waals surface area contributed by atoms with Crippen LogP contribution in [0, 0.1) is 13.8 Å². The Kier molecular flexibility index (Phi) is 7.79. The van der Waals surface area contributed by atoms with Crippen LogP contribution in [0.5, 0.6) is 0 Å². The molecule has 0 saturated carbocycles. The van der Waals surface area contributed by atoms with Gasteiger partial charge in [0.25, 0.3) is 5.91 Å². The number of pyridine rings is 1. The summed E-state index contributed by atoms with van der Waals surface area (Å²) in [7, 11) is -3.66. The number of aryl methyl sites for hydroxylation is 2. The van der Waals surface area contributed by atoms with Crippen LogP contribution < -0.4 is 5.32 Å². The van der Waals surface area contributed by atoms with E-state index in [1.807, 2.05) is 19.9 Å². The minimum absolute atomic E-state index is 0.0692. The molecule has 180 valence electrons. The highest BCUT2D eigenvalue weighted by atomic mass is 32.2. The maximum Gasteiger partial charge on any atom is 0.340 e. The highest BCUT2D eigenvalue weighted by molar-refractivity contribution is 7.89. The molecule has 34 heavy (non-hydrogen) atoms. The van der Waals surface area contributed by atoms with Crippen molar-refractivity contribution < 1.29 is 22.7 Å². The van der Waals surface area contributed by atoms with E-state index in [0.717, 1.165) is 11.4 Å². The fourth-order valence-corrected chi connectivity index (χ4v) is 4.86. The zero-order chi connectivity index (χ0) is 24.9. The number of sulfonamides is 1. The Bertz CT molecular complexity index is 1280. The lowest BCUT2D eigenvalue weighted by Gasteiger charge is -2.18. The van der Waals surface area contributed by atoms with Gasteiger partial charge in [0, 0.05) is 30.7 Å². The van der Waals surface area contributed by atoms with Gasteiger partial charge < -0.3 is 10.1 Å². The van der Waals surface area contributed by atoms with Crippen molar-refractivity contribution in [1.82, 2.24) is 19.1 Å². The zero-order valence-corrected chi connectivity index (χ0v) is 20.3. The van der Waals surface area contributed by atoms with Crippen LogP contribution in [0.25, 0.3) is 5.82 Å². The number of benzene rings is 1. The minimum atomic E-state index is -3.66. The Hall–Kier alpha value is -3.57. The highest BCUT2D eigenvalue weighted by Crippen LogP contribution is 2.19. The van der Waals surface area contributed by atoms with Gasteiger partial charge in [-0.1, -0.05) is 19.9 Å². The first-order chi connectivity index (χ1) is 16.1. The molecular weight excluding hydrogens is 458 g/mol. The first-order valence-electron chi connectivity index (χ1n) is 10.7. The molecule has 0 atom stereocenters. The van der Waals surface area contributed by atoms with Crippen molar-refractivity contribution >= 4 is 27.6 Å². The molecule has 0 radical (unpaired) electrons. The predicted molar refractivity (Wildman–Crippen MR) is 126 cm³/mol. The van der Waals surface area contributed by atoms with Crippen LogP contribution in [0.2, 0.25) is 0 Å². The van der Waals surface area contributed by atoms with E-state index in [0.29, 0.717) is 18.9 Å². The molecular formula is C23H27N5O5S. The molecule has 10 nitrogen and oxygen atoms in total. The number of nitrogens with zero attached hydrogens (tertiary/aromatic N) is 4. The van der Waals surface area contributed by atoms with Gasteiger partial charge >= 0.3 is 5.97 Å². The van der Waals surface area contributed by atoms with Gasteiger partial charge in [-0.25, -0.2) is 22.9 Å². The molecule has 0 spiro atoms. The quantitative estimate of drug-likeness (QED) is 0.462. The maximum absolute atomic E-state index is 12.7. The number of amides is 1. The lowest BCUT2D eigenvalue weighted by Crippen LogP contribution is -2.30. The Labute approximate surface area is 198 Å². The van der Waals surface area contributed by atoms with Crippen LogP contribution in [0.4, 0.5) is 5.69 Å². The summed E-state index contributed by atoms with van der Waals surface area (Å²) in [5.74, 6) is -0.752. The summed E-state index contributed by atoms with van der Waals surface area (Å²) in [4.78, 5) is 28.9. The van der Waals surface area contributed by atoms with Crippen LogP contribution in [0.15, 0.2) is 53.6 Å². The van der Waals surface area contributed by atoms with Crippen LogP contribution in [-0.4, -0.2) is 59.1 Å². The summed E-state index contributed by atoms with van der Waals surface area (Å²) < 4.78 is 33.4. The summed E-state index contributed by atoms with van der Waals surface area (Å²) in [6, 6.07) is 11.0. The largest absolute Gasteiger partial charge is 0.452 e. The second-order valence-electron chi connectivity index (χ2n) is 7.49. The van der Waals surface area contributed by atoms with Crippen molar-refractivity contribution in [2.75, 3.05) is 25.0 Å². The predicted octanol–water partition coefficient (Wildman–Crippen LogP) is 2.71. The van der Waals surface area contributed by atoms with Crippen LogP contribution in [0.1, 0.15) is 35.6 Å². The van der Waals surface area contributed by atoms with E-state index in [1.165, 1.54) is 28.7 Å². The summed E-state index contributed by atoms with van der Waals surface area (Å²) in [6.07, 6.45) is 1.35. The first kappa shape index (κ1) is 25.1. The van der Waals surface area contributed by atoms with Gasteiger partial charge in [0.05, 0.1) is 16.2 Å². The summed E-state index contributed by atoms with van der Waals surface area (Å²) in [5.41, 5.74) is 2.23. The molecule has 0 aliphatic heterocycles. The molecule has 3 aromatic rings. The van der Waals surface area contributed by atoms with Gasteiger partial charge in [0.1, 0.15) is 0 Å². The molecule has 0 aliphatic rings. The van der Waals surface area contributed by atoms with Crippen LogP contribution in [0.3, 0.4) is 0 Å². The molecule has 3 rings (SSSR count). The molecule has 2 aromatic heterocycles. The molecule has 0 saturated heterocycles. The van der Waals surface area contributed by atoms with E-state index >= 15 is 0 Å². The topological polar surface area (TPSA) is 123 Å². The summed E-state index contributed by atoms with van der Waals surface area (Å²) in [5, 5.41) is 6.89. The number of aromatic nitrogens is 3. The molecule has 0 unspecified atom stereocenters. The van der Waals surface area contributed by atoms with Gasteiger partial charge in [0.2, 0.25) is 10.0 Å². The monoisotopic (exact) mass is 485 g/mol. The van der Waals surface area contributed by atoms with Crippen molar-refractivity contribution in [3.63, 3.8) is 0 Å². The molecule has 2 heterocycles. The average Bonchev–Trinajstić information content (AvgIpc) is 3.16. The first-order valence-corrected chi connectivity index (χ1v) is 12.2. The van der Waals surface area contributed by atoms with Crippen molar-refractivity contribution in [2.45, 2.75) is 32.6 Å². The number of carbonyl (C=O) groups is 2. The number of nitrogens with one attached hydrogen (secondary N) is 1. The fraction of sp³-hybridized carbons (Fsp3) is 0.304. The minimum Gasteiger partial charge on any atom is -0.452 e. The standard InChI is InChI=1S/C23H27N5O5S/c1-5-27(6-2)34(31,32)20-9-7-8-19(13-20)25-22(29)15-33-23(30)18-10-11-21(24-14-18)28-17(4)12-16(3)26-28/h7-14H,5-6,15H2,1-4H3,(H,25,29). The van der Waals surface area contributed by atoms with Crippen molar-refractivity contribution in [2.24, 2.45) is 0 Å². The maximum atomic E-state index is 12.7. The van der Waals surface area contributed by atoms with Crippen LogP contribution in [-0.2, 0) is 19.6 Å². The highest BCUT2D eigenvalue weighted by Gasteiger charge is 2.22. The molecule has 0 bridgehead atoms. The molecule has 0 aliphatic carbocycles. The summed E-state index contributed by atoms with van der Waals surface area (Å²) >= 11 is 0. The molecule has 1 aromatic carbocycles. The lowest BCUT2D eigenvalue weighted by atomic mass is 10.3. The number of anilines is 1.